The summed E-state index contributed by atoms with van der Waals surface area (Å²) in [6.07, 6.45) is 5.70. The Hall–Kier alpha value is -1.32. The van der Waals surface area contributed by atoms with Crippen LogP contribution in [0.3, 0.4) is 0 Å². The first-order valence-corrected chi connectivity index (χ1v) is 7.66. The van der Waals surface area contributed by atoms with Crippen LogP contribution < -0.4 is 5.32 Å². The molecule has 1 aliphatic heterocycles. The van der Waals surface area contributed by atoms with Crippen LogP contribution >= 0.6 is 11.8 Å². The number of pyridine rings is 1. The highest BCUT2D eigenvalue weighted by Gasteiger charge is 2.18. The summed E-state index contributed by atoms with van der Waals surface area (Å²) in [5.74, 6) is 0. The molecule has 0 spiro atoms. The van der Waals surface area contributed by atoms with Gasteiger partial charge in [-0.3, -0.25) is 0 Å². The maximum absolute atomic E-state index is 4.57. The van der Waals surface area contributed by atoms with Crippen molar-refractivity contribution in [3.63, 3.8) is 0 Å². The molecule has 0 bridgehead atoms. The van der Waals surface area contributed by atoms with E-state index in [1.807, 2.05) is 18.3 Å². The summed E-state index contributed by atoms with van der Waals surface area (Å²) in [7, 11) is 0. The molecule has 98 valence electrons. The van der Waals surface area contributed by atoms with Gasteiger partial charge in [-0.1, -0.05) is 42.4 Å². The molecule has 0 radical (unpaired) electrons. The number of piperidine rings is 1. The molecule has 3 heteroatoms. The number of nitrogens with one attached hydrogen (secondary N) is 1. The Labute approximate surface area is 118 Å². The Bertz CT molecular complexity index is 521. The molecule has 1 N–H and O–H groups in total. The Kier molecular flexibility index (Phi) is 4.16. The predicted octanol–water partition coefficient (Wildman–Crippen LogP) is 4.05. The Morgan fingerprint density at radius 3 is 2.74 bits per heavy atom. The number of benzene rings is 1. The van der Waals surface area contributed by atoms with Crippen LogP contribution in [0.1, 0.15) is 30.9 Å². The van der Waals surface area contributed by atoms with E-state index in [2.05, 4.69) is 40.6 Å². The molecular weight excluding hydrogens is 252 g/mol. The summed E-state index contributed by atoms with van der Waals surface area (Å²) in [6, 6.07) is 15.2. The summed E-state index contributed by atoms with van der Waals surface area (Å²) in [5.41, 5.74) is 1.34. The SMILES string of the molecule is c1ccc(Sc2ncccc2[C@H]2CCCCN2)cc1. The molecule has 2 nitrogen and oxygen atoms in total. The third-order valence-corrected chi connectivity index (χ3v) is 4.49. The van der Waals surface area contributed by atoms with E-state index in [1.165, 1.54) is 29.7 Å². The second-order valence-corrected chi connectivity index (χ2v) is 5.88. The van der Waals surface area contributed by atoms with E-state index in [1.54, 1.807) is 11.8 Å². The summed E-state index contributed by atoms with van der Waals surface area (Å²) in [5, 5.41) is 4.74. The van der Waals surface area contributed by atoms with Crippen LogP contribution in [0.4, 0.5) is 0 Å². The van der Waals surface area contributed by atoms with E-state index in [4.69, 9.17) is 0 Å². The molecule has 19 heavy (non-hydrogen) atoms. The van der Waals surface area contributed by atoms with Crippen LogP contribution in [-0.4, -0.2) is 11.5 Å². The zero-order valence-corrected chi connectivity index (χ0v) is 11.7. The maximum atomic E-state index is 4.57. The van der Waals surface area contributed by atoms with Gasteiger partial charge in [0.1, 0.15) is 5.03 Å². The van der Waals surface area contributed by atoms with Gasteiger partial charge in [0.05, 0.1) is 0 Å². The first kappa shape index (κ1) is 12.7. The first-order chi connectivity index (χ1) is 9.43. The highest BCUT2D eigenvalue weighted by molar-refractivity contribution is 7.99. The Morgan fingerprint density at radius 1 is 1.05 bits per heavy atom. The monoisotopic (exact) mass is 270 g/mol. The molecular formula is C16H18N2S. The Balaban J connectivity index is 1.84. The van der Waals surface area contributed by atoms with Crippen molar-refractivity contribution in [1.82, 2.24) is 10.3 Å². The standard InChI is InChI=1S/C16H18N2S/c1-2-7-13(8-3-1)19-16-14(9-6-12-18-16)15-10-4-5-11-17-15/h1-3,6-9,12,15,17H,4-5,10-11H2/t15-/m1/s1. The van der Waals surface area contributed by atoms with E-state index in [9.17, 15) is 0 Å². The molecule has 1 aromatic heterocycles. The van der Waals surface area contributed by atoms with Gasteiger partial charge in [-0.05, 0) is 37.6 Å². The van der Waals surface area contributed by atoms with Crippen LogP contribution in [-0.2, 0) is 0 Å². The van der Waals surface area contributed by atoms with E-state index in [-0.39, 0.29) is 0 Å². The molecule has 2 heterocycles. The minimum atomic E-state index is 0.466. The van der Waals surface area contributed by atoms with Crippen LogP contribution in [0.25, 0.3) is 0 Å². The van der Waals surface area contributed by atoms with Gasteiger partial charge in [-0.15, -0.1) is 0 Å². The summed E-state index contributed by atoms with van der Waals surface area (Å²) in [6.45, 7) is 1.12. The zero-order valence-electron chi connectivity index (χ0n) is 10.9. The summed E-state index contributed by atoms with van der Waals surface area (Å²) in [4.78, 5) is 5.82. The van der Waals surface area contributed by atoms with Crippen molar-refractivity contribution < 1.29 is 0 Å². The predicted molar refractivity (Wildman–Crippen MR) is 79.4 cm³/mol. The highest BCUT2D eigenvalue weighted by atomic mass is 32.2. The number of rotatable bonds is 3. The van der Waals surface area contributed by atoms with Gasteiger partial charge in [0.15, 0.2) is 0 Å². The van der Waals surface area contributed by atoms with E-state index in [0.29, 0.717) is 6.04 Å². The number of hydrogen-bond donors (Lipinski definition) is 1. The van der Waals surface area contributed by atoms with Gasteiger partial charge < -0.3 is 5.32 Å². The summed E-state index contributed by atoms with van der Waals surface area (Å²) < 4.78 is 0. The second kappa shape index (κ2) is 6.22. The quantitative estimate of drug-likeness (QED) is 0.911. The summed E-state index contributed by atoms with van der Waals surface area (Å²) >= 11 is 1.76. The molecule has 0 aliphatic carbocycles. The molecule has 0 unspecified atom stereocenters. The molecule has 1 aromatic carbocycles. The highest BCUT2D eigenvalue weighted by Crippen LogP contribution is 2.33. The number of nitrogens with zero attached hydrogens (tertiary/aromatic N) is 1. The minimum Gasteiger partial charge on any atom is -0.310 e. The van der Waals surface area contributed by atoms with Crippen LogP contribution in [0.2, 0.25) is 0 Å². The smallest absolute Gasteiger partial charge is 0.105 e. The second-order valence-electron chi connectivity index (χ2n) is 4.82. The minimum absolute atomic E-state index is 0.466. The molecule has 2 aromatic rings. The lowest BCUT2D eigenvalue weighted by molar-refractivity contribution is 0.406. The van der Waals surface area contributed by atoms with Gasteiger partial charge in [-0.2, -0.15) is 0 Å². The fourth-order valence-corrected chi connectivity index (χ4v) is 3.43. The average Bonchev–Trinajstić information content (AvgIpc) is 2.50. The third-order valence-electron chi connectivity index (χ3n) is 3.44. The van der Waals surface area contributed by atoms with Gasteiger partial charge >= 0.3 is 0 Å². The van der Waals surface area contributed by atoms with Crippen molar-refractivity contribution in [2.45, 2.75) is 35.2 Å². The van der Waals surface area contributed by atoms with Crippen molar-refractivity contribution in [2.24, 2.45) is 0 Å². The van der Waals surface area contributed by atoms with Crippen LogP contribution in [0, 0.1) is 0 Å². The molecule has 3 rings (SSSR count). The van der Waals surface area contributed by atoms with Gasteiger partial charge in [-0.25, -0.2) is 4.98 Å². The zero-order chi connectivity index (χ0) is 12.9. The molecule has 0 amide bonds. The largest absolute Gasteiger partial charge is 0.310 e. The fraction of sp³-hybridized carbons (Fsp3) is 0.312. The molecule has 1 fully saturated rings. The topological polar surface area (TPSA) is 24.9 Å². The van der Waals surface area contributed by atoms with Gasteiger partial charge in [0.25, 0.3) is 0 Å². The molecule has 1 saturated heterocycles. The van der Waals surface area contributed by atoms with Crippen LogP contribution in [0.5, 0.6) is 0 Å². The molecule has 1 aliphatic rings. The number of hydrogen-bond acceptors (Lipinski definition) is 3. The Morgan fingerprint density at radius 2 is 1.95 bits per heavy atom. The lowest BCUT2D eigenvalue weighted by Crippen LogP contribution is -2.27. The van der Waals surface area contributed by atoms with E-state index in [0.717, 1.165) is 11.6 Å². The van der Waals surface area contributed by atoms with Crippen molar-refractivity contribution in [1.29, 1.82) is 0 Å². The molecule has 0 saturated carbocycles. The van der Waals surface area contributed by atoms with Crippen molar-refractivity contribution in [3.05, 3.63) is 54.2 Å². The van der Waals surface area contributed by atoms with Gasteiger partial charge in [0, 0.05) is 22.7 Å². The lowest BCUT2D eigenvalue weighted by atomic mass is 9.99. The van der Waals surface area contributed by atoms with Gasteiger partial charge in [0.2, 0.25) is 0 Å². The van der Waals surface area contributed by atoms with Crippen molar-refractivity contribution in [3.8, 4) is 0 Å². The lowest BCUT2D eigenvalue weighted by Gasteiger charge is -2.25. The number of aromatic nitrogens is 1. The molecule has 1 atom stereocenters. The van der Waals surface area contributed by atoms with Crippen LogP contribution in [0.15, 0.2) is 58.6 Å². The van der Waals surface area contributed by atoms with E-state index < -0.39 is 0 Å². The fourth-order valence-electron chi connectivity index (χ4n) is 2.47. The van der Waals surface area contributed by atoms with Crippen molar-refractivity contribution >= 4 is 11.8 Å². The van der Waals surface area contributed by atoms with Crippen molar-refractivity contribution in [2.75, 3.05) is 6.54 Å². The normalized spacial score (nSPS) is 19.3. The first-order valence-electron chi connectivity index (χ1n) is 6.85. The third kappa shape index (κ3) is 3.17. The average molecular weight is 270 g/mol. The van der Waals surface area contributed by atoms with E-state index >= 15 is 0 Å². The maximum Gasteiger partial charge on any atom is 0.105 e.